The Bertz CT molecular complexity index is 2960. The number of anilines is 3. The van der Waals surface area contributed by atoms with E-state index in [-0.39, 0.29) is 104 Å². The fourth-order valence-corrected chi connectivity index (χ4v) is 8.70. The molecule has 420 valence electrons. The number of pyridine rings is 3. The summed E-state index contributed by atoms with van der Waals surface area (Å²) in [5, 5.41) is 6.28. The molecule has 0 aromatic carbocycles. The van der Waals surface area contributed by atoms with Crippen LogP contribution < -0.4 is 47.3 Å². The molecule has 6 aromatic heterocycles. The number of hydrogen-bond acceptors (Lipinski definition) is 15. The van der Waals surface area contributed by atoms with Crippen LogP contribution in [0.1, 0.15) is 20.8 Å². The average molecular weight is 1180 g/mol. The molecule has 3 saturated heterocycles. The van der Waals surface area contributed by atoms with Gasteiger partial charge in [-0.2, -0.15) is 52.7 Å². The van der Waals surface area contributed by atoms with Gasteiger partial charge in [0.05, 0.1) is 0 Å². The highest BCUT2D eigenvalue weighted by atomic mass is 35.5. The van der Waals surface area contributed by atoms with Gasteiger partial charge in [0, 0.05) is 111 Å². The Morgan fingerprint density at radius 2 is 0.705 bits per heavy atom. The van der Waals surface area contributed by atoms with Gasteiger partial charge in [0.2, 0.25) is 17.8 Å². The fourth-order valence-electron chi connectivity index (χ4n) is 8.11. The van der Waals surface area contributed by atoms with Crippen molar-refractivity contribution >= 4 is 52.3 Å². The van der Waals surface area contributed by atoms with Gasteiger partial charge >= 0.3 is 18.5 Å². The van der Waals surface area contributed by atoms with Crippen LogP contribution in [0.15, 0.2) is 69.4 Å². The molecule has 18 nitrogen and oxygen atoms in total. The van der Waals surface area contributed by atoms with Crippen molar-refractivity contribution < 1.29 is 52.7 Å². The molecule has 3 aliphatic heterocycles. The summed E-state index contributed by atoms with van der Waals surface area (Å²) in [6.07, 6.45) is -9.81. The van der Waals surface area contributed by atoms with E-state index in [0.717, 1.165) is 18.2 Å². The van der Waals surface area contributed by atoms with Gasteiger partial charge in [-0.15, -0.1) is 0 Å². The lowest BCUT2D eigenvalue weighted by atomic mass is 10.1. The Hall–Kier alpha value is -6.60. The van der Waals surface area contributed by atoms with Crippen LogP contribution in [-0.4, -0.2) is 139 Å². The lowest BCUT2D eigenvalue weighted by molar-refractivity contribution is -0.156. The van der Waals surface area contributed by atoms with Crippen LogP contribution in [0.5, 0.6) is 0 Å². The minimum atomic E-state index is -4.46. The van der Waals surface area contributed by atoms with E-state index in [1.54, 1.807) is 20.8 Å². The monoisotopic (exact) mass is 1170 g/mol. The zero-order valence-electron chi connectivity index (χ0n) is 40.3. The van der Waals surface area contributed by atoms with Crippen molar-refractivity contribution in [1.82, 2.24) is 60.8 Å². The van der Waals surface area contributed by atoms with Crippen molar-refractivity contribution in [2.75, 3.05) is 54.0 Å². The van der Waals surface area contributed by atoms with E-state index in [9.17, 15) is 67.1 Å². The maximum atomic E-state index is 13.3. The van der Waals surface area contributed by atoms with Crippen LogP contribution in [0.25, 0.3) is 34.2 Å². The lowest BCUT2D eigenvalue weighted by Crippen LogP contribution is -2.61. The van der Waals surface area contributed by atoms with E-state index in [1.165, 1.54) is 51.5 Å². The van der Waals surface area contributed by atoms with E-state index in [2.05, 4.69) is 60.8 Å². The summed E-state index contributed by atoms with van der Waals surface area (Å²) in [5.41, 5.74) is -1.50. The second kappa shape index (κ2) is 23.8. The molecule has 78 heavy (non-hydrogen) atoms. The highest BCUT2D eigenvalue weighted by Crippen LogP contribution is 2.34. The predicted octanol–water partition coefficient (Wildman–Crippen LogP) is 7.06. The summed E-state index contributed by atoms with van der Waals surface area (Å²) in [6, 6.07) is 0.900. The molecule has 6 aromatic rings. The highest BCUT2D eigenvalue weighted by Gasteiger charge is 2.47. The van der Waals surface area contributed by atoms with Crippen LogP contribution >= 0.6 is 34.8 Å². The first kappa shape index (κ1) is 59.1. The van der Waals surface area contributed by atoms with Crippen molar-refractivity contribution in [3.63, 3.8) is 0 Å². The van der Waals surface area contributed by atoms with Crippen LogP contribution in [0.2, 0.25) is 15.1 Å². The highest BCUT2D eigenvalue weighted by molar-refractivity contribution is 6.33. The smallest absolute Gasteiger partial charge is 0.349 e. The largest absolute Gasteiger partial charge is 0.405 e. The maximum absolute atomic E-state index is 13.3. The quantitative estimate of drug-likeness (QED) is 0.0726. The Morgan fingerprint density at radius 1 is 0.462 bits per heavy atom. The Balaban J connectivity index is 0.000000170. The third-order valence-electron chi connectivity index (χ3n) is 12.3. The van der Waals surface area contributed by atoms with Gasteiger partial charge in [-0.3, -0.25) is 14.4 Å². The standard InChI is InChI=1S/3C15H14ClF4N5O/c3*1-7-5-22-9(15(18,19)20)6-25(7)13-11(16)14(26)24-12(23-13)8-2-3-21-10(17)4-8/h3*2-4,7,9,22H,5-6H2,1H3,(H,23,24,26)/t7-,9+;;/m0../s1. The van der Waals surface area contributed by atoms with Gasteiger partial charge in [-0.1, -0.05) is 34.8 Å². The van der Waals surface area contributed by atoms with E-state index in [0.29, 0.717) is 0 Å². The van der Waals surface area contributed by atoms with Crippen LogP contribution in [0, 0.1) is 17.8 Å². The number of nitrogens with one attached hydrogen (secondary N) is 6. The van der Waals surface area contributed by atoms with Gasteiger partial charge in [0.1, 0.15) is 50.7 Å². The second-order valence-electron chi connectivity index (χ2n) is 17.8. The van der Waals surface area contributed by atoms with Crippen molar-refractivity contribution in [3.8, 4) is 34.2 Å². The summed E-state index contributed by atoms with van der Waals surface area (Å²) < 4.78 is 158. The zero-order chi connectivity index (χ0) is 57.2. The van der Waals surface area contributed by atoms with Crippen molar-refractivity contribution in [3.05, 3.63) is 119 Å². The third kappa shape index (κ3) is 14.0. The van der Waals surface area contributed by atoms with Gasteiger partial charge < -0.3 is 45.6 Å². The molecule has 0 bridgehead atoms. The first-order chi connectivity index (χ1) is 36.5. The molecule has 0 aliphatic carbocycles. The maximum Gasteiger partial charge on any atom is 0.405 e. The van der Waals surface area contributed by atoms with Crippen LogP contribution in [0.3, 0.4) is 0 Å². The minimum absolute atomic E-state index is 0.00927. The number of nitrogens with zero attached hydrogens (tertiary/aromatic N) is 9. The molecular formula is C45H42Cl3F12N15O3. The Morgan fingerprint density at radius 3 is 0.923 bits per heavy atom. The number of aromatic amines is 3. The molecule has 6 atom stereocenters. The molecule has 9 heterocycles. The van der Waals surface area contributed by atoms with Crippen LogP contribution in [0.4, 0.5) is 70.1 Å². The first-order valence-corrected chi connectivity index (χ1v) is 24.1. The van der Waals surface area contributed by atoms with E-state index >= 15 is 0 Å². The van der Waals surface area contributed by atoms with Crippen LogP contribution in [-0.2, 0) is 0 Å². The zero-order valence-corrected chi connectivity index (χ0v) is 42.6. The molecule has 3 fully saturated rings. The van der Waals surface area contributed by atoms with Gasteiger partial charge in [-0.05, 0) is 39.0 Å². The molecule has 0 radical (unpaired) electrons. The van der Waals surface area contributed by atoms with Crippen molar-refractivity contribution in [2.45, 2.75) is 75.6 Å². The molecule has 0 spiro atoms. The molecule has 9 rings (SSSR count). The molecule has 33 heteroatoms. The third-order valence-corrected chi connectivity index (χ3v) is 13.3. The molecule has 0 saturated carbocycles. The Labute approximate surface area is 447 Å². The Kier molecular flexibility index (Phi) is 18.0. The predicted molar refractivity (Wildman–Crippen MR) is 263 cm³/mol. The molecule has 6 N–H and O–H groups in total. The fraction of sp³-hybridized carbons (Fsp3) is 0.400. The molecule has 4 unspecified atom stereocenters. The SMILES string of the molecule is CC1CNC(C(F)(F)F)CN1c1nc(-c2ccnc(F)c2)[nH]c(=O)c1Cl.CC1CNC(C(F)(F)F)CN1c1nc(-c2ccnc(F)c2)[nH]c(=O)c1Cl.C[C@H]1CN[C@@H](C(F)(F)F)CN1c1nc(-c2ccnc(F)c2)[nH]c(=O)c1Cl. The first-order valence-electron chi connectivity index (χ1n) is 23.0. The van der Waals surface area contributed by atoms with Gasteiger partial charge in [0.15, 0.2) is 17.5 Å². The molecule has 0 amide bonds. The van der Waals surface area contributed by atoms with Crippen molar-refractivity contribution in [2.24, 2.45) is 0 Å². The summed E-state index contributed by atoms with van der Waals surface area (Å²) in [6.45, 7) is 3.80. The summed E-state index contributed by atoms with van der Waals surface area (Å²) in [7, 11) is 0. The summed E-state index contributed by atoms with van der Waals surface area (Å²) >= 11 is 18.0. The summed E-state index contributed by atoms with van der Waals surface area (Å²) in [4.78, 5) is 70.4. The average Bonchev–Trinajstić information content (AvgIpc) is 3.38. The van der Waals surface area contributed by atoms with Gasteiger partial charge in [0.25, 0.3) is 16.7 Å². The number of rotatable bonds is 6. The number of piperazine rings is 3. The van der Waals surface area contributed by atoms with Gasteiger partial charge in [-0.25, -0.2) is 29.9 Å². The topological polar surface area (TPSA) is 222 Å². The number of halogens is 15. The normalized spacial score (nSPS) is 21.1. The summed E-state index contributed by atoms with van der Waals surface area (Å²) in [5.74, 6) is -2.61. The number of H-pyrrole nitrogens is 3. The number of hydrogen-bond donors (Lipinski definition) is 6. The number of alkyl halides is 9. The van der Waals surface area contributed by atoms with Crippen molar-refractivity contribution in [1.29, 1.82) is 0 Å². The molecule has 3 aliphatic rings. The number of aromatic nitrogens is 9. The van der Waals surface area contributed by atoms with E-state index in [4.69, 9.17) is 34.8 Å². The second-order valence-corrected chi connectivity index (χ2v) is 18.9. The van der Waals surface area contributed by atoms with E-state index < -0.39 is 90.8 Å². The minimum Gasteiger partial charge on any atom is -0.349 e. The molecular weight excluding hydrogens is 1130 g/mol. The lowest BCUT2D eigenvalue weighted by Gasteiger charge is -2.40. The van der Waals surface area contributed by atoms with E-state index in [1.807, 2.05) is 0 Å².